The molecule has 0 aliphatic rings. The van der Waals surface area contributed by atoms with Crippen LogP contribution in [0.2, 0.25) is 0 Å². The van der Waals surface area contributed by atoms with E-state index in [9.17, 15) is 0 Å². The number of nitrogen functional groups attached to an aromatic ring is 1. The minimum absolute atomic E-state index is 0.377. The molecule has 102 valence electrons. The standard InChI is InChI=1S/C15H16N4O/c1-2-10-3-5-12(6-4-10)20-9-14-18-13-7-11(16)8-17-15(13)19-14/h3-8H,2,9,16H2,1H3,(H,17,18,19). The molecule has 0 aliphatic heterocycles. The summed E-state index contributed by atoms with van der Waals surface area (Å²) in [6, 6.07) is 9.89. The Morgan fingerprint density at radius 3 is 2.80 bits per heavy atom. The van der Waals surface area contributed by atoms with Crippen molar-refractivity contribution < 1.29 is 4.74 Å². The van der Waals surface area contributed by atoms with Crippen molar-refractivity contribution in [3.63, 3.8) is 0 Å². The molecule has 0 amide bonds. The Labute approximate surface area is 116 Å². The molecule has 3 N–H and O–H groups in total. The van der Waals surface area contributed by atoms with Gasteiger partial charge >= 0.3 is 0 Å². The number of aryl methyl sites for hydroxylation is 1. The predicted octanol–water partition coefficient (Wildman–Crippen LogP) is 2.68. The Kier molecular flexibility index (Phi) is 3.25. The fourth-order valence-electron chi connectivity index (χ4n) is 2.01. The van der Waals surface area contributed by atoms with Gasteiger partial charge in [0, 0.05) is 0 Å². The van der Waals surface area contributed by atoms with Crippen molar-refractivity contribution in [2.75, 3.05) is 5.73 Å². The van der Waals surface area contributed by atoms with E-state index in [0.29, 0.717) is 17.9 Å². The summed E-state index contributed by atoms with van der Waals surface area (Å²) in [5, 5.41) is 0. The van der Waals surface area contributed by atoms with Gasteiger partial charge in [0.1, 0.15) is 18.2 Å². The Morgan fingerprint density at radius 1 is 1.25 bits per heavy atom. The molecule has 1 aromatic carbocycles. The molecule has 0 unspecified atom stereocenters. The molecule has 20 heavy (non-hydrogen) atoms. The molecule has 5 heteroatoms. The van der Waals surface area contributed by atoms with Crippen molar-refractivity contribution >= 4 is 16.9 Å². The van der Waals surface area contributed by atoms with Crippen molar-refractivity contribution in [3.05, 3.63) is 47.9 Å². The molecule has 0 spiro atoms. The topological polar surface area (TPSA) is 76.8 Å². The van der Waals surface area contributed by atoms with Gasteiger partial charge in [0.2, 0.25) is 0 Å². The highest BCUT2D eigenvalue weighted by Crippen LogP contribution is 2.16. The lowest BCUT2D eigenvalue weighted by Gasteiger charge is -2.04. The van der Waals surface area contributed by atoms with Crippen LogP contribution in [-0.4, -0.2) is 15.0 Å². The van der Waals surface area contributed by atoms with Crippen molar-refractivity contribution in [2.24, 2.45) is 0 Å². The number of aromatic amines is 1. The zero-order valence-corrected chi connectivity index (χ0v) is 11.3. The highest BCUT2D eigenvalue weighted by molar-refractivity contribution is 5.73. The Hall–Kier alpha value is -2.56. The van der Waals surface area contributed by atoms with Crippen LogP contribution < -0.4 is 10.5 Å². The fourth-order valence-corrected chi connectivity index (χ4v) is 2.01. The molecule has 2 heterocycles. The normalized spacial score (nSPS) is 10.8. The number of H-pyrrole nitrogens is 1. The maximum absolute atomic E-state index is 5.70. The smallest absolute Gasteiger partial charge is 0.177 e. The summed E-state index contributed by atoms with van der Waals surface area (Å²) >= 11 is 0. The second-order valence-corrected chi connectivity index (χ2v) is 4.61. The van der Waals surface area contributed by atoms with Crippen LogP contribution in [0.4, 0.5) is 5.69 Å². The lowest BCUT2D eigenvalue weighted by Crippen LogP contribution is -1.97. The summed E-state index contributed by atoms with van der Waals surface area (Å²) in [6.07, 6.45) is 2.62. The summed E-state index contributed by atoms with van der Waals surface area (Å²) in [5.41, 5.74) is 9.07. The van der Waals surface area contributed by atoms with Crippen LogP contribution in [0.5, 0.6) is 5.75 Å². The van der Waals surface area contributed by atoms with Crippen molar-refractivity contribution in [2.45, 2.75) is 20.0 Å². The van der Waals surface area contributed by atoms with E-state index < -0.39 is 0 Å². The van der Waals surface area contributed by atoms with E-state index >= 15 is 0 Å². The number of rotatable bonds is 4. The van der Waals surface area contributed by atoms with Gasteiger partial charge in [-0.2, -0.15) is 0 Å². The van der Waals surface area contributed by atoms with Crippen molar-refractivity contribution in [1.82, 2.24) is 15.0 Å². The Bertz CT molecular complexity index is 718. The monoisotopic (exact) mass is 268 g/mol. The van der Waals surface area contributed by atoms with Gasteiger partial charge in [-0.05, 0) is 30.2 Å². The van der Waals surface area contributed by atoms with Gasteiger partial charge < -0.3 is 15.5 Å². The molecule has 5 nitrogen and oxygen atoms in total. The van der Waals surface area contributed by atoms with E-state index in [2.05, 4.69) is 34.0 Å². The first-order chi connectivity index (χ1) is 9.74. The highest BCUT2D eigenvalue weighted by Gasteiger charge is 2.05. The predicted molar refractivity (Wildman–Crippen MR) is 78.5 cm³/mol. The van der Waals surface area contributed by atoms with Gasteiger partial charge in [-0.15, -0.1) is 0 Å². The molecule has 0 radical (unpaired) electrons. The second-order valence-electron chi connectivity index (χ2n) is 4.61. The number of hydrogen-bond acceptors (Lipinski definition) is 4. The number of pyridine rings is 1. The molecular formula is C15H16N4O. The number of nitrogens with zero attached hydrogens (tertiary/aromatic N) is 2. The lowest BCUT2D eigenvalue weighted by atomic mass is 10.2. The van der Waals surface area contributed by atoms with Crippen LogP contribution in [-0.2, 0) is 13.0 Å². The van der Waals surface area contributed by atoms with Crippen LogP contribution in [0, 0.1) is 0 Å². The van der Waals surface area contributed by atoms with Gasteiger partial charge in [-0.25, -0.2) is 9.97 Å². The number of anilines is 1. The van der Waals surface area contributed by atoms with Crippen LogP contribution in [0.3, 0.4) is 0 Å². The quantitative estimate of drug-likeness (QED) is 0.762. The van der Waals surface area contributed by atoms with Gasteiger partial charge in [-0.3, -0.25) is 0 Å². The third-order valence-electron chi connectivity index (χ3n) is 3.11. The molecule has 2 aromatic heterocycles. The molecule has 3 rings (SSSR count). The van der Waals surface area contributed by atoms with Crippen molar-refractivity contribution in [3.8, 4) is 5.75 Å². The van der Waals surface area contributed by atoms with Crippen molar-refractivity contribution in [1.29, 1.82) is 0 Å². The van der Waals surface area contributed by atoms with Gasteiger partial charge in [0.25, 0.3) is 0 Å². The van der Waals surface area contributed by atoms with Crippen LogP contribution in [0.1, 0.15) is 18.3 Å². The maximum Gasteiger partial charge on any atom is 0.177 e. The molecule has 0 fully saturated rings. The van der Waals surface area contributed by atoms with Crippen LogP contribution in [0.25, 0.3) is 11.2 Å². The average Bonchev–Trinajstić information content (AvgIpc) is 2.87. The van der Waals surface area contributed by atoms with E-state index in [-0.39, 0.29) is 0 Å². The number of aromatic nitrogens is 3. The number of imidazole rings is 1. The average molecular weight is 268 g/mol. The van der Waals surface area contributed by atoms with E-state index in [4.69, 9.17) is 10.5 Å². The zero-order chi connectivity index (χ0) is 13.9. The van der Waals surface area contributed by atoms with E-state index in [1.54, 1.807) is 6.20 Å². The maximum atomic E-state index is 5.70. The Balaban J connectivity index is 1.72. The zero-order valence-electron chi connectivity index (χ0n) is 11.3. The van der Waals surface area contributed by atoms with E-state index in [1.807, 2.05) is 18.2 Å². The fraction of sp³-hybridized carbons (Fsp3) is 0.200. The molecule has 0 saturated heterocycles. The first-order valence-corrected chi connectivity index (χ1v) is 6.56. The summed E-state index contributed by atoms with van der Waals surface area (Å²) in [5.74, 6) is 1.56. The third-order valence-corrected chi connectivity index (χ3v) is 3.11. The number of nitrogens with two attached hydrogens (primary N) is 1. The highest BCUT2D eigenvalue weighted by atomic mass is 16.5. The number of hydrogen-bond donors (Lipinski definition) is 2. The third kappa shape index (κ3) is 2.56. The summed E-state index contributed by atoms with van der Waals surface area (Å²) < 4.78 is 5.70. The van der Waals surface area contributed by atoms with E-state index in [1.165, 1.54) is 5.56 Å². The largest absolute Gasteiger partial charge is 0.486 e. The minimum atomic E-state index is 0.377. The lowest BCUT2D eigenvalue weighted by molar-refractivity contribution is 0.297. The van der Waals surface area contributed by atoms with Gasteiger partial charge in [0.05, 0.1) is 17.4 Å². The minimum Gasteiger partial charge on any atom is -0.486 e. The number of ether oxygens (including phenoxy) is 1. The van der Waals surface area contributed by atoms with Crippen LogP contribution in [0.15, 0.2) is 36.5 Å². The molecule has 0 atom stereocenters. The Morgan fingerprint density at radius 2 is 2.05 bits per heavy atom. The molecule has 0 aliphatic carbocycles. The number of fused-ring (bicyclic) bond motifs is 1. The molecule has 0 saturated carbocycles. The van der Waals surface area contributed by atoms with Gasteiger partial charge in [0.15, 0.2) is 5.65 Å². The second kappa shape index (κ2) is 5.21. The summed E-state index contributed by atoms with van der Waals surface area (Å²) in [4.78, 5) is 11.7. The molecular weight excluding hydrogens is 252 g/mol. The van der Waals surface area contributed by atoms with E-state index in [0.717, 1.165) is 23.5 Å². The first kappa shape index (κ1) is 12.5. The number of nitrogens with one attached hydrogen (secondary N) is 1. The summed E-state index contributed by atoms with van der Waals surface area (Å²) in [6.45, 7) is 2.50. The molecule has 3 aromatic rings. The van der Waals surface area contributed by atoms with Crippen LogP contribution >= 0.6 is 0 Å². The van der Waals surface area contributed by atoms with Gasteiger partial charge in [-0.1, -0.05) is 19.1 Å². The molecule has 0 bridgehead atoms. The first-order valence-electron chi connectivity index (χ1n) is 6.56. The number of benzene rings is 1. The SMILES string of the molecule is CCc1ccc(OCc2nc3ncc(N)cc3[nH]2)cc1. The summed E-state index contributed by atoms with van der Waals surface area (Å²) in [7, 11) is 0.